The van der Waals surface area contributed by atoms with E-state index in [0.29, 0.717) is 39.1 Å². The maximum Gasteiger partial charge on any atom is 0.307 e. The minimum atomic E-state index is -0.582. The predicted octanol–water partition coefficient (Wildman–Crippen LogP) is 5.44. The molecule has 10 heteroatoms. The molecule has 0 saturated carbocycles. The summed E-state index contributed by atoms with van der Waals surface area (Å²) in [5.41, 5.74) is 3.35. The Balaban J connectivity index is 1.75. The van der Waals surface area contributed by atoms with Gasteiger partial charge in [-0.05, 0) is 66.0 Å². The van der Waals surface area contributed by atoms with Crippen LogP contribution in [0.5, 0.6) is 11.5 Å². The summed E-state index contributed by atoms with van der Waals surface area (Å²) in [6, 6.07) is 9.10. The lowest BCUT2D eigenvalue weighted by atomic mass is 10.2. The second-order valence-electron chi connectivity index (χ2n) is 6.89. The van der Waals surface area contributed by atoms with Gasteiger partial charge in [-0.1, -0.05) is 6.92 Å². The van der Waals surface area contributed by atoms with Crippen molar-refractivity contribution in [3.05, 3.63) is 62.3 Å². The summed E-state index contributed by atoms with van der Waals surface area (Å²) in [6.45, 7) is 6.35. The molecule has 3 aromatic rings. The van der Waals surface area contributed by atoms with Crippen LogP contribution in [0, 0.1) is 10.1 Å². The van der Waals surface area contributed by atoms with Gasteiger partial charge in [-0.25, -0.2) is 5.43 Å². The number of nitrogens with one attached hydrogen (secondary N) is 1. The quantitative estimate of drug-likeness (QED) is 0.236. The highest BCUT2D eigenvalue weighted by atomic mass is 79.9. The first kappa shape index (κ1) is 23.3. The third-order valence-corrected chi connectivity index (χ3v) is 5.13. The molecular formula is C22H22BrN3O6. The van der Waals surface area contributed by atoms with Gasteiger partial charge in [0.25, 0.3) is 5.69 Å². The van der Waals surface area contributed by atoms with Gasteiger partial charge in [0.05, 0.1) is 28.3 Å². The summed E-state index contributed by atoms with van der Waals surface area (Å²) in [5, 5.41) is 15.3. The van der Waals surface area contributed by atoms with Crippen molar-refractivity contribution in [1.82, 2.24) is 5.43 Å². The first-order valence-corrected chi connectivity index (χ1v) is 10.8. The average Bonchev–Trinajstić information content (AvgIpc) is 3.19. The summed E-state index contributed by atoms with van der Waals surface area (Å²) in [6.07, 6.45) is 2.34. The van der Waals surface area contributed by atoms with Gasteiger partial charge in [0.1, 0.15) is 5.58 Å². The topological polar surface area (TPSA) is 116 Å². The van der Waals surface area contributed by atoms with Crippen LogP contribution in [-0.4, -0.2) is 29.8 Å². The summed E-state index contributed by atoms with van der Waals surface area (Å²) >= 11 is 3.50. The zero-order valence-corrected chi connectivity index (χ0v) is 19.3. The summed E-state index contributed by atoms with van der Waals surface area (Å²) in [5.74, 6) is 0.583. The van der Waals surface area contributed by atoms with Gasteiger partial charge in [0.2, 0.25) is 0 Å². The number of hydrazone groups is 1. The highest BCUT2D eigenvalue weighted by Gasteiger charge is 2.16. The van der Waals surface area contributed by atoms with Crippen LogP contribution in [0.2, 0.25) is 0 Å². The largest absolute Gasteiger partial charge is 0.490 e. The minimum absolute atomic E-state index is 0.00821. The number of benzene rings is 2. The van der Waals surface area contributed by atoms with Gasteiger partial charge >= 0.3 is 5.91 Å². The fraction of sp³-hybridized carbons (Fsp3) is 0.273. The number of fused-ring (bicyclic) bond motifs is 1. The number of nitro benzene ring substituents is 1. The number of amides is 1. The fourth-order valence-corrected chi connectivity index (χ4v) is 3.35. The first-order valence-electron chi connectivity index (χ1n) is 9.96. The Labute approximate surface area is 192 Å². The van der Waals surface area contributed by atoms with Crippen molar-refractivity contribution in [1.29, 1.82) is 0 Å². The van der Waals surface area contributed by atoms with Crippen LogP contribution in [0.15, 0.2) is 50.4 Å². The normalized spacial score (nSPS) is 12.1. The van der Waals surface area contributed by atoms with Gasteiger partial charge < -0.3 is 13.9 Å². The van der Waals surface area contributed by atoms with Crippen molar-refractivity contribution in [2.45, 2.75) is 33.3 Å². The molecule has 0 aliphatic rings. The highest BCUT2D eigenvalue weighted by Crippen LogP contribution is 2.37. The number of hydrogen-bond donors (Lipinski definition) is 1. The standard InChI is InChI=1S/C22H22BrN3O6/c1-4-13(3)31-21-17(23)8-14(9-19(21)30-5-2)12-24-25-22(27)20-11-15-10-16(26(28)29)6-7-18(15)32-20/h6-13H,4-5H2,1-3H3,(H,25,27)/b24-12+/t13-/m1/s1. The molecule has 168 valence electrons. The van der Waals surface area contributed by atoms with Crippen molar-refractivity contribution >= 4 is 44.7 Å². The molecular weight excluding hydrogens is 482 g/mol. The van der Waals surface area contributed by atoms with Crippen LogP contribution in [0.1, 0.15) is 43.3 Å². The molecule has 0 saturated heterocycles. The number of hydrogen-bond acceptors (Lipinski definition) is 7. The lowest BCUT2D eigenvalue weighted by molar-refractivity contribution is -0.384. The molecule has 0 aliphatic heterocycles. The van der Waals surface area contributed by atoms with Crippen molar-refractivity contribution in [3.63, 3.8) is 0 Å². The van der Waals surface area contributed by atoms with Crippen LogP contribution < -0.4 is 14.9 Å². The van der Waals surface area contributed by atoms with Crippen LogP contribution in [-0.2, 0) is 0 Å². The molecule has 3 rings (SSSR count). The van der Waals surface area contributed by atoms with E-state index in [-0.39, 0.29) is 17.6 Å². The monoisotopic (exact) mass is 503 g/mol. The molecule has 0 aliphatic carbocycles. The van der Waals surface area contributed by atoms with E-state index < -0.39 is 10.8 Å². The maximum absolute atomic E-state index is 12.4. The lowest BCUT2D eigenvalue weighted by Gasteiger charge is -2.18. The third-order valence-electron chi connectivity index (χ3n) is 4.54. The van der Waals surface area contributed by atoms with Crippen LogP contribution in [0.4, 0.5) is 5.69 Å². The predicted molar refractivity (Wildman–Crippen MR) is 124 cm³/mol. The smallest absolute Gasteiger partial charge is 0.307 e. The molecule has 0 radical (unpaired) electrons. The zero-order chi connectivity index (χ0) is 23.3. The number of ether oxygens (including phenoxy) is 2. The number of nitrogens with zero attached hydrogens (tertiary/aromatic N) is 2. The summed E-state index contributed by atoms with van der Waals surface area (Å²) < 4.78 is 17.8. The molecule has 1 heterocycles. The van der Waals surface area contributed by atoms with E-state index in [1.807, 2.05) is 20.8 Å². The van der Waals surface area contributed by atoms with E-state index >= 15 is 0 Å². The molecule has 1 aromatic heterocycles. The Morgan fingerprint density at radius 2 is 2.09 bits per heavy atom. The Morgan fingerprint density at radius 3 is 2.78 bits per heavy atom. The van der Waals surface area contributed by atoms with Crippen molar-refractivity contribution < 1.29 is 23.6 Å². The van der Waals surface area contributed by atoms with Crippen LogP contribution >= 0.6 is 15.9 Å². The SMILES string of the molecule is CCOc1cc(/C=N/NC(=O)c2cc3cc([N+](=O)[O-])ccc3o2)cc(Br)c1O[C@H](C)CC. The van der Waals surface area contributed by atoms with Crippen LogP contribution in [0.3, 0.4) is 0 Å². The molecule has 9 nitrogen and oxygen atoms in total. The number of carbonyl (C=O) groups is 1. The number of halogens is 1. The Bertz CT molecular complexity index is 1170. The van der Waals surface area contributed by atoms with E-state index in [2.05, 4.69) is 26.5 Å². The number of nitro groups is 1. The van der Waals surface area contributed by atoms with Crippen molar-refractivity contribution in [2.24, 2.45) is 5.10 Å². The molecule has 0 fully saturated rings. The highest BCUT2D eigenvalue weighted by molar-refractivity contribution is 9.10. The number of rotatable bonds is 9. The number of furan rings is 1. The second-order valence-corrected chi connectivity index (χ2v) is 7.74. The average molecular weight is 504 g/mol. The molecule has 32 heavy (non-hydrogen) atoms. The maximum atomic E-state index is 12.4. The van der Waals surface area contributed by atoms with Gasteiger partial charge in [0, 0.05) is 17.5 Å². The van der Waals surface area contributed by atoms with Gasteiger partial charge in [-0.2, -0.15) is 5.10 Å². The van der Waals surface area contributed by atoms with Crippen LogP contribution in [0.25, 0.3) is 11.0 Å². The summed E-state index contributed by atoms with van der Waals surface area (Å²) in [4.78, 5) is 22.7. The molecule has 0 spiro atoms. The molecule has 1 atom stereocenters. The van der Waals surface area contributed by atoms with Gasteiger partial charge in [-0.3, -0.25) is 14.9 Å². The zero-order valence-electron chi connectivity index (χ0n) is 17.8. The molecule has 0 bridgehead atoms. The molecule has 2 aromatic carbocycles. The van der Waals surface area contributed by atoms with Gasteiger partial charge in [-0.15, -0.1) is 0 Å². The molecule has 1 amide bonds. The van der Waals surface area contributed by atoms with E-state index in [1.54, 1.807) is 12.1 Å². The Kier molecular flexibility index (Phi) is 7.47. The number of carbonyl (C=O) groups excluding carboxylic acids is 1. The fourth-order valence-electron chi connectivity index (χ4n) is 2.80. The van der Waals surface area contributed by atoms with Gasteiger partial charge in [0.15, 0.2) is 17.3 Å². The third kappa shape index (κ3) is 5.44. The second kappa shape index (κ2) is 10.3. The van der Waals surface area contributed by atoms with E-state index in [9.17, 15) is 14.9 Å². The Morgan fingerprint density at radius 1 is 1.31 bits per heavy atom. The van der Waals surface area contributed by atoms with E-state index in [1.165, 1.54) is 30.5 Å². The minimum Gasteiger partial charge on any atom is -0.490 e. The van der Waals surface area contributed by atoms with Crippen molar-refractivity contribution in [2.75, 3.05) is 6.61 Å². The lowest BCUT2D eigenvalue weighted by Crippen LogP contribution is -2.16. The van der Waals surface area contributed by atoms with E-state index in [0.717, 1.165) is 6.42 Å². The Hall–Kier alpha value is -3.40. The first-order chi connectivity index (χ1) is 15.3. The number of non-ortho nitro benzene ring substituents is 1. The van der Waals surface area contributed by atoms with Crippen molar-refractivity contribution in [3.8, 4) is 11.5 Å². The molecule has 0 unspecified atom stereocenters. The van der Waals surface area contributed by atoms with E-state index in [4.69, 9.17) is 13.9 Å². The summed E-state index contributed by atoms with van der Waals surface area (Å²) in [7, 11) is 0. The molecule has 1 N–H and O–H groups in total.